The molecule has 8 heteroatoms. The average molecular weight is 302 g/mol. The second-order valence-electron chi connectivity index (χ2n) is 6.04. The Hall–Kier alpha value is -1.99. The van der Waals surface area contributed by atoms with Crippen molar-refractivity contribution in [1.82, 2.24) is 20.9 Å². The van der Waals surface area contributed by atoms with E-state index in [-0.39, 0.29) is 24.4 Å². The van der Waals surface area contributed by atoms with Crippen LogP contribution >= 0.6 is 0 Å². The lowest BCUT2D eigenvalue weighted by atomic mass is 9.85. The molecule has 4 amide bonds. The monoisotopic (exact) mass is 302 g/mol. The molecule has 0 heterocycles. The fraction of sp³-hybridized carbons (Fsp3) is 0.769. The van der Waals surface area contributed by atoms with E-state index in [0.717, 1.165) is 0 Å². The van der Waals surface area contributed by atoms with E-state index in [0.29, 0.717) is 6.54 Å². The standard InChI is InChI=1S/C13H26N4O4/c1-13(2,3)9(8-10(18)19)16-11(20)14-6-7-15-12(21)17(4)5/h9H,6-8H2,1-5H3,(H,15,21)(H,18,19)(H2,14,16,20). The predicted octanol–water partition coefficient (Wildman–Crippen LogP) is 0.446. The van der Waals surface area contributed by atoms with Crippen molar-refractivity contribution < 1.29 is 19.5 Å². The van der Waals surface area contributed by atoms with E-state index in [4.69, 9.17) is 5.11 Å². The Bertz CT molecular complexity index is 377. The molecular formula is C13H26N4O4. The molecule has 0 rings (SSSR count). The first-order valence-electron chi connectivity index (χ1n) is 6.75. The zero-order chi connectivity index (χ0) is 16.6. The summed E-state index contributed by atoms with van der Waals surface area (Å²) < 4.78 is 0. The average Bonchev–Trinajstić information content (AvgIpc) is 2.31. The zero-order valence-electron chi connectivity index (χ0n) is 13.3. The summed E-state index contributed by atoms with van der Waals surface area (Å²) in [7, 11) is 3.24. The molecule has 0 radical (unpaired) electrons. The molecule has 0 aliphatic rings. The number of carboxylic acid groups (broad SMARTS) is 1. The number of nitrogens with zero attached hydrogens (tertiary/aromatic N) is 1. The maximum Gasteiger partial charge on any atom is 0.316 e. The van der Waals surface area contributed by atoms with Gasteiger partial charge >= 0.3 is 18.0 Å². The Kier molecular flexibility index (Phi) is 7.54. The molecule has 1 atom stereocenters. The number of urea groups is 2. The van der Waals surface area contributed by atoms with Gasteiger partial charge in [-0.25, -0.2) is 9.59 Å². The largest absolute Gasteiger partial charge is 0.481 e. The summed E-state index contributed by atoms with van der Waals surface area (Å²) in [4.78, 5) is 35.2. The molecular weight excluding hydrogens is 276 g/mol. The highest BCUT2D eigenvalue weighted by Crippen LogP contribution is 2.21. The molecule has 0 aromatic heterocycles. The topological polar surface area (TPSA) is 111 Å². The Labute approximate surface area is 125 Å². The minimum atomic E-state index is -0.964. The highest BCUT2D eigenvalue weighted by Gasteiger charge is 2.28. The SMILES string of the molecule is CN(C)C(=O)NCCNC(=O)NC(CC(=O)O)C(C)(C)C. The van der Waals surface area contributed by atoms with Gasteiger partial charge in [-0.15, -0.1) is 0 Å². The smallest absolute Gasteiger partial charge is 0.316 e. The van der Waals surface area contributed by atoms with Crippen molar-refractivity contribution in [3.05, 3.63) is 0 Å². The first kappa shape index (κ1) is 19.0. The van der Waals surface area contributed by atoms with Gasteiger partial charge in [0, 0.05) is 33.2 Å². The van der Waals surface area contributed by atoms with Gasteiger partial charge in [0.05, 0.1) is 6.42 Å². The second kappa shape index (κ2) is 8.33. The first-order chi connectivity index (χ1) is 9.54. The van der Waals surface area contributed by atoms with Gasteiger partial charge < -0.3 is 26.0 Å². The minimum absolute atomic E-state index is 0.145. The summed E-state index contributed by atoms with van der Waals surface area (Å²) in [5, 5.41) is 16.7. The van der Waals surface area contributed by atoms with Gasteiger partial charge in [-0.3, -0.25) is 4.79 Å². The zero-order valence-corrected chi connectivity index (χ0v) is 13.3. The van der Waals surface area contributed by atoms with Gasteiger partial charge in [-0.2, -0.15) is 0 Å². The van der Waals surface area contributed by atoms with Crippen LogP contribution < -0.4 is 16.0 Å². The van der Waals surface area contributed by atoms with Crippen LogP contribution in [0.4, 0.5) is 9.59 Å². The number of carboxylic acids is 1. The van der Waals surface area contributed by atoms with Gasteiger partial charge in [0.25, 0.3) is 0 Å². The summed E-state index contributed by atoms with van der Waals surface area (Å²) in [5.74, 6) is -0.964. The summed E-state index contributed by atoms with van der Waals surface area (Å²) in [6, 6.07) is -1.17. The van der Waals surface area contributed by atoms with E-state index in [9.17, 15) is 14.4 Å². The number of nitrogens with one attached hydrogen (secondary N) is 3. The van der Waals surface area contributed by atoms with E-state index < -0.39 is 18.0 Å². The van der Waals surface area contributed by atoms with Crippen LogP contribution in [0.1, 0.15) is 27.2 Å². The van der Waals surface area contributed by atoms with Crippen molar-refractivity contribution in [2.75, 3.05) is 27.2 Å². The van der Waals surface area contributed by atoms with Crippen molar-refractivity contribution in [3.63, 3.8) is 0 Å². The normalized spacial score (nSPS) is 12.2. The fourth-order valence-corrected chi connectivity index (χ4v) is 1.46. The maximum atomic E-state index is 11.7. The summed E-state index contributed by atoms with van der Waals surface area (Å²) in [6.45, 7) is 6.13. The van der Waals surface area contributed by atoms with Crippen LogP contribution in [-0.4, -0.2) is 61.3 Å². The molecule has 0 bridgehead atoms. The molecule has 0 fully saturated rings. The Morgan fingerprint density at radius 3 is 2.05 bits per heavy atom. The molecule has 0 saturated heterocycles. The summed E-state index contributed by atoms with van der Waals surface area (Å²) in [5.41, 5.74) is -0.366. The molecule has 0 saturated carbocycles. The van der Waals surface area contributed by atoms with Crippen LogP contribution in [0.5, 0.6) is 0 Å². The van der Waals surface area contributed by atoms with E-state index in [1.54, 1.807) is 14.1 Å². The lowest BCUT2D eigenvalue weighted by Crippen LogP contribution is -2.50. The molecule has 0 aromatic carbocycles. The van der Waals surface area contributed by atoms with Gasteiger partial charge in [-0.1, -0.05) is 20.8 Å². The molecule has 4 N–H and O–H groups in total. The lowest BCUT2D eigenvalue weighted by Gasteiger charge is -2.30. The number of aliphatic carboxylic acids is 1. The van der Waals surface area contributed by atoms with Crippen LogP contribution in [0, 0.1) is 5.41 Å². The Morgan fingerprint density at radius 2 is 1.62 bits per heavy atom. The van der Waals surface area contributed by atoms with Gasteiger partial charge in [0.2, 0.25) is 0 Å². The molecule has 0 aromatic rings. The van der Waals surface area contributed by atoms with Crippen LogP contribution in [0.15, 0.2) is 0 Å². The van der Waals surface area contributed by atoms with Crippen LogP contribution in [0.2, 0.25) is 0 Å². The number of hydrogen-bond donors (Lipinski definition) is 4. The Morgan fingerprint density at radius 1 is 1.10 bits per heavy atom. The molecule has 1 unspecified atom stereocenters. The van der Waals surface area contributed by atoms with E-state index >= 15 is 0 Å². The number of rotatable bonds is 6. The minimum Gasteiger partial charge on any atom is -0.481 e. The molecule has 21 heavy (non-hydrogen) atoms. The van der Waals surface area contributed by atoms with Crippen molar-refractivity contribution in [3.8, 4) is 0 Å². The highest BCUT2D eigenvalue weighted by molar-refractivity contribution is 5.76. The third-order valence-electron chi connectivity index (χ3n) is 2.82. The van der Waals surface area contributed by atoms with Gasteiger partial charge in [-0.05, 0) is 5.41 Å². The van der Waals surface area contributed by atoms with Crippen molar-refractivity contribution in [2.24, 2.45) is 5.41 Å². The lowest BCUT2D eigenvalue weighted by molar-refractivity contribution is -0.138. The molecule has 0 aliphatic carbocycles. The van der Waals surface area contributed by atoms with E-state index in [2.05, 4.69) is 16.0 Å². The van der Waals surface area contributed by atoms with Gasteiger partial charge in [0.1, 0.15) is 0 Å². The Balaban J connectivity index is 4.16. The number of amides is 4. The third kappa shape index (κ3) is 8.72. The van der Waals surface area contributed by atoms with Crippen molar-refractivity contribution >= 4 is 18.0 Å². The number of hydrogen-bond acceptors (Lipinski definition) is 3. The van der Waals surface area contributed by atoms with Crippen LogP contribution in [0.25, 0.3) is 0 Å². The van der Waals surface area contributed by atoms with Crippen molar-refractivity contribution in [2.45, 2.75) is 33.2 Å². The van der Waals surface area contributed by atoms with E-state index in [1.165, 1.54) is 4.90 Å². The first-order valence-corrected chi connectivity index (χ1v) is 6.75. The van der Waals surface area contributed by atoms with Crippen LogP contribution in [0.3, 0.4) is 0 Å². The number of carbonyl (C=O) groups is 3. The van der Waals surface area contributed by atoms with Gasteiger partial charge in [0.15, 0.2) is 0 Å². The van der Waals surface area contributed by atoms with E-state index in [1.807, 2.05) is 20.8 Å². The van der Waals surface area contributed by atoms with Crippen LogP contribution in [-0.2, 0) is 4.79 Å². The molecule has 8 nitrogen and oxygen atoms in total. The summed E-state index contributed by atoms with van der Waals surface area (Å²) in [6.07, 6.45) is -0.145. The maximum absolute atomic E-state index is 11.7. The predicted molar refractivity (Wildman–Crippen MR) is 79.1 cm³/mol. The second-order valence-corrected chi connectivity index (χ2v) is 6.04. The summed E-state index contributed by atoms with van der Waals surface area (Å²) >= 11 is 0. The molecule has 0 aliphatic heterocycles. The third-order valence-corrected chi connectivity index (χ3v) is 2.82. The molecule has 122 valence electrons. The highest BCUT2D eigenvalue weighted by atomic mass is 16.4. The fourth-order valence-electron chi connectivity index (χ4n) is 1.46. The van der Waals surface area contributed by atoms with Crippen molar-refractivity contribution in [1.29, 1.82) is 0 Å². The number of carbonyl (C=O) groups excluding carboxylic acids is 2. The quantitative estimate of drug-likeness (QED) is 0.534. The molecule has 0 spiro atoms.